The molecule has 0 radical (unpaired) electrons. The molecular formula is C10H17N3O4. The number of amidine groups is 1. The van der Waals surface area contributed by atoms with Gasteiger partial charge in [-0.3, -0.25) is 4.79 Å². The lowest BCUT2D eigenvalue weighted by Gasteiger charge is -2.24. The van der Waals surface area contributed by atoms with E-state index in [1.54, 1.807) is 0 Å². The van der Waals surface area contributed by atoms with Crippen molar-refractivity contribution in [3.05, 3.63) is 0 Å². The molecule has 0 bridgehead atoms. The molecule has 1 aliphatic carbocycles. The lowest BCUT2D eigenvalue weighted by atomic mass is 10.1. The molecule has 1 saturated carbocycles. The minimum absolute atomic E-state index is 0.0178. The van der Waals surface area contributed by atoms with Gasteiger partial charge in [0.05, 0.1) is 25.9 Å². The molecule has 96 valence electrons. The zero-order valence-electron chi connectivity index (χ0n) is 9.52. The molecule has 1 heterocycles. The van der Waals surface area contributed by atoms with E-state index in [0.29, 0.717) is 39.2 Å². The van der Waals surface area contributed by atoms with E-state index in [9.17, 15) is 4.79 Å². The van der Waals surface area contributed by atoms with Gasteiger partial charge in [0.15, 0.2) is 5.84 Å². The summed E-state index contributed by atoms with van der Waals surface area (Å²) in [5, 5.41) is 14.3. The van der Waals surface area contributed by atoms with Crippen molar-refractivity contribution in [3.63, 3.8) is 0 Å². The number of nitrogens with zero attached hydrogens (tertiary/aromatic N) is 1. The van der Waals surface area contributed by atoms with Crippen LogP contribution in [0.4, 0.5) is 0 Å². The van der Waals surface area contributed by atoms with E-state index in [2.05, 4.69) is 10.5 Å². The Morgan fingerprint density at radius 3 is 2.82 bits per heavy atom. The van der Waals surface area contributed by atoms with Gasteiger partial charge in [0.2, 0.25) is 5.91 Å². The maximum absolute atomic E-state index is 11.9. The number of nitrogens with one attached hydrogen (secondary N) is 1. The number of carbonyl (C=O) groups excluding carboxylic acids is 1. The highest BCUT2D eigenvalue weighted by Gasteiger charge is 2.54. The number of carbonyl (C=O) groups is 1. The molecule has 1 aliphatic heterocycles. The van der Waals surface area contributed by atoms with E-state index in [1.165, 1.54) is 0 Å². The number of ether oxygens (including phenoxy) is 2. The smallest absolute Gasteiger partial charge is 0.234 e. The number of rotatable bonds is 4. The summed E-state index contributed by atoms with van der Waals surface area (Å²) >= 11 is 0. The predicted molar refractivity (Wildman–Crippen MR) is 58.6 cm³/mol. The van der Waals surface area contributed by atoms with Crippen LogP contribution in [0.2, 0.25) is 0 Å². The summed E-state index contributed by atoms with van der Waals surface area (Å²) < 4.78 is 10.6. The van der Waals surface area contributed by atoms with Gasteiger partial charge in [-0.2, -0.15) is 0 Å². The SMILES string of the molecule is NC(=NO)C1(C(=O)NCC2COCCO2)CC1. The Morgan fingerprint density at radius 2 is 2.29 bits per heavy atom. The quantitative estimate of drug-likeness (QED) is 0.255. The summed E-state index contributed by atoms with van der Waals surface area (Å²) in [4.78, 5) is 11.9. The molecule has 0 aromatic rings. The Bertz CT molecular complexity index is 322. The second kappa shape index (κ2) is 4.89. The Kier molecular flexibility index (Phi) is 3.49. The van der Waals surface area contributed by atoms with Crippen molar-refractivity contribution in [2.24, 2.45) is 16.3 Å². The topological polar surface area (TPSA) is 106 Å². The number of oxime groups is 1. The normalized spacial score (nSPS) is 27.5. The molecule has 4 N–H and O–H groups in total. The summed E-state index contributed by atoms with van der Waals surface area (Å²) in [5.74, 6) is -0.224. The number of hydrogen-bond acceptors (Lipinski definition) is 5. The molecule has 7 heteroatoms. The highest BCUT2D eigenvalue weighted by molar-refractivity contribution is 6.09. The highest BCUT2D eigenvalue weighted by Crippen LogP contribution is 2.45. The Balaban J connectivity index is 1.81. The first kappa shape index (κ1) is 12.1. The van der Waals surface area contributed by atoms with Gasteiger partial charge >= 0.3 is 0 Å². The fourth-order valence-corrected chi connectivity index (χ4v) is 1.85. The first-order valence-corrected chi connectivity index (χ1v) is 5.65. The molecule has 1 saturated heterocycles. The maximum Gasteiger partial charge on any atom is 0.234 e. The second-order valence-corrected chi connectivity index (χ2v) is 4.35. The summed E-state index contributed by atoms with van der Waals surface area (Å²) in [7, 11) is 0. The molecular weight excluding hydrogens is 226 g/mol. The third-order valence-corrected chi connectivity index (χ3v) is 3.16. The summed E-state index contributed by atoms with van der Waals surface area (Å²) in [6.07, 6.45) is 1.13. The fourth-order valence-electron chi connectivity index (χ4n) is 1.85. The summed E-state index contributed by atoms with van der Waals surface area (Å²) in [6, 6.07) is 0. The third-order valence-electron chi connectivity index (χ3n) is 3.16. The van der Waals surface area contributed by atoms with Crippen molar-refractivity contribution in [3.8, 4) is 0 Å². The average molecular weight is 243 g/mol. The maximum atomic E-state index is 11.9. The lowest BCUT2D eigenvalue weighted by molar-refractivity contribution is -0.126. The van der Waals surface area contributed by atoms with Crippen molar-refractivity contribution in [2.45, 2.75) is 18.9 Å². The van der Waals surface area contributed by atoms with E-state index in [4.69, 9.17) is 20.4 Å². The molecule has 7 nitrogen and oxygen atoms in total. The molecule has 17 heavy (non-hydrogen) atoms. The number of hydrogen-bond donors (Lipinski definition) is 3. The van der Waals surface area contributed by atoms with Gasteiger partial charge in [-0.15, -0.1) is 0 Å². The van der Waals surface area contributed by atoms with Gasteiger partial charge in [-0.05, 0) is 12.8 Å². The van der Waals surface area contributed by atoms with Crippen LogP contribution >= 0.6 is 0 Å². The molecule has 1 atom stereocenters. The van der Waals surface area contributed by atoms with Gasteiger partial charge in [-0.25, -0.2) is 0 Å². The predicted octanol–water partition coefficient (Wildman–Crippen LogP) is -0.955. The molecule has 1 amide bonds. The second-order valence-electron chi connectivity index (χ2n) is 4.35. The minimum Gasteiger partial charge on any atom is -0.409 e. The molecule has 2 aliphatic rings. The van der Waals surface area contributed by atoms with Crippen LogP contribution in [0.1, 0.15) is 12.8 Å². The van der Waals surface area contributed by atoms with Crippen molar-refractivity contribution < 1.29 is 19.5 Å². The van der Waals surface area contributed by atoms with Crippen LogP contribution in [0.3, 0.4) is 0 Å². The Labute approximate surface area is 98.9 Å². The van der Waals surface area contributed by atoms with Gasteiger partial charge in [0.1, 0.15) is 5.41 Å². The summed E-state index contributed by atoms with van der Waals surface area (Å²) in [5.41, 5.74) is 4.70. The van der Waals surface area contributed by atoms with Crippen LogP contribution in [0.25, 0.3) is 0 Å². The van der Waals surface area contributed by atoms with Crippen molar-refractivity contribution in [1.82, 2.24) is 5.32 Å². The first-order chi connectivity index (χ1) is 8.19. The van der Waals surface area contributed by atoms with Crippen LogP contribution in [0.5, 0.6) is 0 Å². The fraction of sp³-hybridized carbons (Fsp3) is 0.800. The van der Waals surface area contributed by atoms with Crippen LogP contribution in [-0.4, -0.2) is 49.4 Å². The van der Waals surface area contributed by atoms with Crippen LogP contribution < -0.4 is 11.1 Å². The Hall–Kier alpha value is -1.34. The lowest BCUT2D eigenvalue weighted by Crippen LogP contribution is -2.45. The standard InChI is InChI=1S/C10H17N3O4/c11-8(13-15)10(1-2-10)9(14)12-5-7-6-16-3-4-17-7/h7,15H,1-6H2,(H2,11,13)(H,12,14). The molecule has 2 rings (SSSR count). The average Bonchev–Trinajstić information content (AvgIpc) is 3.17. The van der Waals surface area contributed by atoms with Crippen LogP contribution in [0, 0.1) is 5.41 Å². The van der Waals surface area contributed by atoms with E-state index >= 15 is 0 Å². The van der Waals surface area contributed by atoms with Crippen molar-refractivity contribution in [1.29, 1.82) is 0 Å². The van der Waals surface area contributed by atoms with Gasteiger partial charge in [0, 0.05) is 6.54 Å². The molecule has 1 unspecified atom stereocenters. The number of nitrogens with two attached hydrogens (primary N) is 1. The van der Waals surface area contributed by atoms with Crippen LogP contribution in [0.15, 0.2) is 5.16 Å². The van der Waals surface area contributed by atoms with Crippen LogP contribution in [-0.2, 0) is 14.3 Å². The zero-order valence-corrected chi connectivity index (χ0v) is 9.52. The molecule has 2 fully saturated rings. The zero-order chi connectivity index (χ0) is 12.3. The van der Waals surface area contributed by atoms with Crippen molar-refractivity contribution >= 4 is 11.7 Å². The van der Waals surface area contributed by atoms with Crippen molar-refractivity contribution in [2.75, 3.05) is 26.4 Å². The Morgan fingerprint density at radius 1 is 1.53 bits per heavy atom. The van der Waals surface area contributed by atoms with E-state index in [1.807, 2.05) is 0 Å². The highest BCUT2D eigenvalue weighted by atomic mass is 16.6. The molecule has 0 aromatic heterocycles. The van der Waals surface area contributed by atoms with E-state index in [0.717, 1.165) is 0 Å². The number of amides is 1. The van der Waals surface area contributed by atoms with Gasteiger partial charge in [-0.1, -0.05) is 5.16 Å². The van der Waals surface area contributed by atoms with E-state index in [-0.39, 0.29) is 17.8 Å². The van der Waals surface area contributed by atoms with Gasteiger partial charge < -0.3 is 25.7 Å². The third kappa shape index (κ3) is 2.50. The largest absolute Gasteiger partial charge is 0.409 e. The molecule has 0 spiro atoms. The molecule has 0 aromatic carbocycles. The summed E-state index contributed by atoms with van der Waals surface area (Å²) in [6.45, 7) is 2.01. The monoisotopic (exact) mass is 243 g/mol. The first-order valence-electron chi connectivity index (χ1n) is 5.65. The van der Waals surface area contributed by atoms with Gasteiger partial charge in [0.25, 0.3) is 0 Å². The van der Waals surface area contributed by atoms with E-state index < -0.39 is 5.41 Å². The minimum atomic E-state index is -0.801.